The van der Waals surface area contributed by atoms with E-state index in [1.807, 2.05) is 26.1 Å². The lowest BCUT2D eigenvalue weighted by molar-refractivity contribution is 0.269. The molecule has 0 fully saturated rings. The van der Waals surface area contributed by atoms with Crippen molar-refractivity contribution in [1.29, 1.82) is 0 Å². The predicted octanol–water partition coefficient (Wildman–Crippen LogP) is 4.92. The summed E-state index contributed by atoms with van der Waals surface area (Å²) in [7, 11) is 1.95. The van der Waals surface area contributed by atoms with Crippen molar-refractivity contribution >= 4 is 27.5 Å². The Morgan fingerprint density at radius 1 is 1.07 bits per heavy atom. The van der Waals surface area contributed by atoms with Gasteiger partial charge in [-0.2, -0.15) is 0 Å². The Labute approximate surface area is 173 Å². The Kier molecular flexibility index (Phi) is 9.34. The minimum absolute atomic E-state index is 0.229. The average Bonchev–Trinajstić information content (AvgIpc) is 2.63. The molecular formula is C20H25BrClFN2O2. The van der Waals surface area contributed by atoms with E-state index in [0.29, 0.717) is 28.7 Å². The van der Waals surface area contributed by atoms with E-state index in [9.17, 15) is 4.39 Å². The van der Waals surface area contributed by atoms with Crippen molar-refractivity contribution in [2.45, 2.75) is 26.5 Å². The average molecular weight is 460 g/mol. The molecule has 2 N–H and O–H groups in total. The third-order valence-corrected chi connectivity index (χ3v) is 5.00. The van der Waals surface area contributed by atoms with Crippen LogP contribution in [0.4, 0.5) is 4.39 Å². The van der Waals surface area contributed by atoms with Crippen LogP contribution in [-0.4, -0.2) is 26.7 Å². The Morgan fingerprint density at radius 3 is 2.56 bits per heavy atom. The molecule has 0 bridgehead atoms. The van der Waals surface area contributed by atoms with Crippen molar-refractivity contribution in [2.24, 2.45) is 0 Å². The van der Waals surface area contributed by atoms with Crippen molar-refractivity contribution in [1.82, 2.24) is 10.6 Å². The molecule has 148 valence electrons. The number of ether oxygens (including phenoxy) is 2. The number of benzene rings is 2. The van der Waals surface area contributed by atoms with Gasteiger partial charge in [0.1, 0.15) is 12.4 Å². The van der Waals surface area contributed by atoms with Gasteiger partial charge in [-0.3, -0.25) is 0 Å². The maximum atomic E-state index is 13.2. The lowest BCUT2D eigenvalue weighted by Gasteiger charge is -2.16. The summed E-state index contributed by atoms with van der Waals surface area (Å²) in [6, 6.07) is 8.14. The first-order valence-corrected chi connectivity index (χ1v) is 10.1. The fourth-order valence-corrected chi connectivity index (χ4v) is 3.19. The zero-order chi connectivity index (χ0) is 19.6. The van der Waals surface area contributed by atoms with Crippen LogP contribution in [0.15, 0.2) is 34.8 Å². The zero-order valence-electron chi connectivity index (χ0n) is 15.6. The van der Waals surface area contributed by atoms with Crippen molar-refractivity contribution < 1.29 is 13.9 Å². The number of halogens is 3. The second-order valence-corrected chi connectivity index (χ2v) is 7.24. The predicted molar refractivity (Wildman–Crippen MR) is 111 cm³/mol. The topological polar surface area (TPSA) is 42.5 Å². The van der Waals surface area contributed by atoms with Gasteiger partial charge in [-0.05, 0) is 63.3 Å². The Bertz CT molecular complexity index is 746. The van der Waals surface area contributed by atoms with Crippen molar-refractivity contribution in [3.8, 4) is 11.5 Å². The van der Waals surface area contributed by atoms with Gasteiger partial charge in [-0.15, -0.1) is 0 Å². The fourth-order valence-electron chi connectivity index (χ4n) is 2.50. The summed E-state index contributed by atoms with van der Waals surface area (Å²) in [5.41, 5.74) is 1.81. The van der Waals surface area contributed by atoms with E-state index >= 15 is 0 Å². The first-order chi connectivity index (χ1) is 13.0. The minimum atomic E-state index is -0.368. The highest BCUT2D eigenvalue weighted by molar-refractivity contribution is 9.10. The molecule has 7 heteroatoms. The van der Waals surface area contributed by atoms with Crippen LogP contribution in [0.2, 0.25) is 5.02 Å². The van der Waals surface area contributed by atoms with Gasteiger partial charge in [0.05, 0.1) is 11.6 Å². The van der Waals surface area contributed by atoms with Crippen LogP contribution >= 0.6 is 27.5 Å². The van der Waals surface area contributed by atoms with E-state index in [1.54, 1.807) is 6.07 Å². The van der Waals surface area contributed by atoms with Crippen LogP contribution in [0, 0.1) is 5.82 Å². The molecule has 0 unspecified atom stereocenters. The summed E-state index contributed by atoms with van der Waals surface area (Å²) in [6.07, 6.45) is 1.06. The molecule has 0 radical (unpaired) electrons. The Balaban J connectivity index is 2.07. The van der Waals surface area contributed by atoms with E-state index < -0.39 is 0 Å². The second kappa shape index (κ2) is 11.5. The minimum Gasteiger partial charge on any atom is -0.490 e. The van der Waals surface area contributed by atoms with E-state index in [1.165, 1.54) is 12.1 Å². The van der Waals surface area contributed by atoms with Crippen LogP contribution in [-0.2, 0) is 13.2 Å². The van der Waals surface area contributed by atoms with E-state index in [4.69, 9.17) is 21.1 Å². The van der Waals surface area contributed by atoms with Gasteiger partial charge >= 0.3 is 0 Å². The highest BCUT2D eigenvalue weighted by atomic mass is 79.9. The lowest BCUT2D eigenvalue weighted by atomic mass is 10.2. The number of hydrogen-bond donors (Lipinski definition) is 2. The number of nitrogens with one attached hydrogen (secondary N) is 2. The SMILES string of the molecule is CCOc1cc(CNCCCNC)c(Br)cc1OCc1ccc(F)cc1Cl. The maximum absolute atomic E-state index is 13.2. The first kappa shape index (κ1) is 22.0. The van der Waals surface area contributed by atoms with Gasteiger partial charge in [-0.25, -0.2) is 4.39 Å². The monoisotopic (exact) mass is 458 g/mol. The molecule has 0 aliphatic carbocycles. The molecule has 2 rings (SSSR count). The van der Waals surface area contributed by atoms with E-state index in [2.05, 4.69) is 26.6 Å². The van der Waals surface area contributed by atoms with Gasteiger partial charge in [0.25, 0.3) is 0 Å². The van der Waals surface area contributed by atoms with Crippen molar-refractivity contribution in [3.63, 3.8) is 0 Å². The van der Waals surface area contributed by atoms with Crippen molar-refractivity contribution in [3.05, 3.63) is 56.8 Å². The third kappa shape index (κ3) is 6.96. The molecule has 2 aromatic rings. The van der Waals surface area contributed by atoms with E-state index in [-0.39, 0.29) is 12.4 Å². The smallest absolute Gasteiger partial charge is 0.162 e. The summed E-state index contributed by atoms with van der Waals surface area (Å²) < 4.78 is 25.8. The molecule has 0 saturated heterocycles. The number of hydrogen-bond acceptors (Lipinski definition) is 4. The summed E-state index contributed by atoms with van der Waals surface area (Å²) in [5, 5.41) is 6.89. The quantitative estimate of drug-likeness (QED) is 0.468. The lowest BCUT2D eigenvalue weighted by Crippen LogP contribution is -2.19. The number of rotatable bonds is 11. The normalized spacial score (nSPS) is 10.9. The van der Waals surface area contributed by atoms with Crippen molar-refractivity contribution in [2.75, 3.05) is 26.7 Å². The third-order valence-electron chi connectivity index (χ3n) is 3.91. The molecule has 0 atom stereocenters. The van der Waals surface area contributed by atoms with Crippen LogP contribution in [0.3, 0.4) is 0 Å². The van der Waals surface area contributed by atoms with Gasteiger partial charge in [0, 0.05) is 16.6 Å². The fraction of sp³-hybridized carbons (Fsp3) is 0.400. The maximum Gasteiger partial charge on any atom is 0.162 e. The second-order valence-electron chi connectivity index (χ2n) is 5.98. The highest BCUT2D eigenvalue weighted by Crippen LogP contribution is 2.35. The molecule has 0 spiro atoms. The van der Waals surface area contributed by atoms with Crippen LogP contribution in [0.25, 0.3) is 0 Å². The zero-order valence-corrected chi connectivity index (χ0v) is 17.9. The molecule has 27 heavy (non-hydrogen) atoms. The first-order valence-electron chi connectivity index (χ1n) is 8.92. The van der Waals surface area contributed by atoms with E-state index in [0.717, 1.165) is 36.1 Å². The largest absolute Gasteiger partial charge is 0.490 e. The summed E-state index contributed by atoms with van der Waals surface area (Å²) in [5.74, 6) is 0.919. The summed E-state index contributed by atoms with van der Waals surface area (Å²) >= 11 is 9.68. The van der Waals surface area contributed by atoms with Crippen LogP contribution in [0.5, 0.6) is 11.5 Å². The summed E-state index contributed by atoms with van der Waals surface area (Å²) in [6.45, 7) is 5.33. The molecule has 0 aliphatic heterocycles. The molecule has 0 heterocycles. The van der Waals surface area contributed by atoms with Crippen LogP contribution < -0.4 is 20.1 Å². The Hall–Kier alpha value is -1.34. The molecule has 2 aromatic carbocycles. The molecule has 0 saturated carbocycles. The molecule has 4 nitrogen and oxygen atoms in total. The van der Waals surface area contributed by atoms with Gasteiger partial charge in [-0.1, -0.05) is 33.6 Å². The molecular weight excluding hydrogens is 435 g/mol. The Morgan fingerprint density at radius 2 is 1.85 bits per heavy atom. The molecule has 0 aliphatic rings. The highest BCUT2D eigenvalue weighted by Gasteiger charge is 2.12. The molecule has 0 amide bonds. The van der Waals surface area contributed by atoms with Crippen LogP contribution in [0.1, 0.15) is 24.5 Å². The standard InChI is InChI=1S/C20H25BrClFN2O2/c1-3-26-19-9-15(12-25-8-4-7-24-2)17(21)11-20(19)27-13-14-5-6-16(23)10-18(14)22/h5-6,9-11,24-25H,3-4,7-8,12-13H2,1-2H3. The van der Waals surface area contributed by atoms with Gasteiger partial charge in [0.2, 0.25) is 0 Å². The van der Waals surface area contributed by atoms with Gasteiger partial charge in [0.15, 0.2) is 11.5 Å². The molecule has 0 aromatic heterocycles. The van der Waals surface area contributed by atoms with Gasteiger partial charge < -0.3 is 20.1 Å². The summed E-state index contributed by atoms with van der Waals surface area (Å²) in [4.78, 5) is 0.